The van der Waals surface area contributed by atoms with E-state index in [0.717, 1.165) is 6.20 Å². The lowest BCUT2D eigenvalue weighted by molar-refractivity contribution is -0.143. The molecule has 3 N–H and O–H groups in total. The number of amides is 2. The van der Waals surface area contributed by atoms with E-state index in [1.54, 1.807) is 27.0 Å². The third-order valence-corrected chi connectivity index (χ3v) is 4.95. The lowest BCUT2D eigenvalue weighted by atomic mass is 10.2. The van der Waals surface area contributed by atoms with E-state index in [1.165, 1.54) is 35.6 Å². The molecule has 16 heteroatoms. The highest BCUT2D eigenvalue weighted by Gasteiger charge is 2.41. The molecular weight excluding hydrogens is 531 g/mol. The van der Waals surface area contributed by atoms with E-state index < -0.39 is 35.0 Å². The number of hydrogen-bond donors (Lipinski definition) is 3. The second-order valence-electron chi connectivity index (χ2n) is 8.78. The van der Waals surface area contributed by atoms with Crippen molar-refractivity contribution in [1.29, 1.82) is 0 Å². The van der Waals surface area contributed by atoms with Gasteiger partial charge in [-0.15, -0.1) is 0 Å². The maximum atomic E-state index is 14.1. The number of carbonyl (C=O) groups excluding carboxylic acids is 2. The van der Waals surface area contributed by atoms with Crippen LogP contribution < -0.4 is 21.2 Å². The number of anilines is 3. The van der Waals surface area contributed by atoms with Crippen molar-refractivity contribution in [3.8, 4) is 5.82 Å². The van der Waals surface area contributed by atoms with Gasteiger partial charge in [0.05, 0.1) is 35.2 Å². The predicted octanol–water partition coefficient (Wildman–Crippen LogP) is 4.24. The zero-order chi connectivity index (χ0) is 27.7. The summed E-state index contributed by atoms with van der Waals surface area (Å²) in [6, 6.07) is 5.29. The minimum absolute atomic E-state index is 0.0504. The van der Waals surface area contributed by atoms with Gasteiger partial charge in [-0.1, -0.05) is 17.7 Å². The first-order valence-electron chi connectivity index (χ1n) is 11.0. The number of carbonyl (C=O) groups is 2. The van der Waals surface area contributed by atoms with Gasteiger partial charge < -0.3 is 10.1 Å². The Morgan fingerprint density at radius 2 is 1.92 bits per heavy atom. The molecule has 0 bridgehead atoms. The van der Waals surface area contributed by atoms with Crippen LogP contribution in [0.2, 0.25) is 5.02 Å². The van der Waals surface area contributed by atoms with Gasteiger partial charge in [0, 0.05) is 6.21 Å². The summed E-state index contributed by atoms with van der Waals surface area (Å²) in [5.74, 6) is -1.23. The molecule has 0 spiro atoms. The molecule has 0 unspecified atom stereocenters. The van der Waals surface area contributed by atoms with E-state index in [-0.39, 0.29) is 28.2 Å². The Labute approximate surface area is 218 Å². The lowest BCUT2D eigenvalue weighted by Gasteiger charge is -2.19. The molecule has 0 aliphatic carbocycles. The highest BCUT2D eigenvalue weighted by molar-refractivity contribution is 6.33. The van der Waals surface area contributed by atoms with E-state index in [4.69, 9.17) is 16.3 Å². The van der Waals surface area contributed by atoms with Crippen molar-refractivity contribution in [3.63, 3.8) is 0 Å². The first kappa shape index (κ1) is 26.8. The van der Waals surface area contributed by atoms with Crippen LogP contribution in [-0.2, 0) is 10.9 Å². The maximum absolute atomic E-state index is 14.1. The monoisotopic (exact) mass is 551 g/mol. The van der Waals surface area contributed by atoms with Crippen LogP contribution in [0.4, 0.5) is 35.3 Å². The summed E-state index contributed by atoms with van der Waals surface area (Å²) in [5, 5.41) is 13.8. The predicted molar refractivity (Wildman–Crippen MR) is 132 cm³/mol. The van der Waals surface area contributed by atoms with Gasteiger partial charge in [0.1, 0.15) is 11.4 Å². The van der Waals surface area contributed by atoms with Crippen molar-refractivity contribution >= 4 is 47.1 Å². The highest BCUT2D eigenvalue weighted by atomic mass is 35.5. The lowest BCUT2D eigenvalue weighted by Crippen LogP contribution is -2.29. The summed E-state index contributed by atoms with van der Waals surface area (Å²) in [6.07, 6.45) is -2.26. The summed E-state index contributed by atoms with van der Waals surface area (Å²) in [6.45, 7) is 5.43. The Balaban J connectivity index is 1.60. The first-order chi connectivity index (χ1) is 17.8. The SMILES string of the molecule is CC(C)(C)OC(=O)Nc1cccc(-n2ncc(C(=O)Nc3cnc(N4N=CCN4)c(Cl)c3)c2C(F)(F)F)n1. The fourth-order valence-corrected chi connectivity index (χ4v) is 3.50. The van der Waals surface area contributed by atoms with Gasteiger partial charge >= 0.3 is 12.3 Å². The van der Waals surface area contributed by atoms with Crippen molar-refractivity contribution in [2.24, 2.45) is 5.10 Å². The average molecular weight is 552 g/mol. The van der Waals surface area contributed by atoms with Crippen LogP contribution in [0.5, 0.6) is 0 Å². The number of ether oxygens (including phenoxy) is 1. The molecule has 0 saturated carbocycles. The summed E-state index contributed by atoms with van der Waals surface area (Å²) in [4.78, 5) is 33.0. The molecule has 0 atom stereocenters. The first-order valence-corrected chi connectivity index (χ1v) is 11.4. The van der Waals surface area contributed by atoms with Gasteiger partial charge in [0.15, 0.2) is 17.3 Å². The Morgan fingerprint density at radius 1 is 1.16 bits per heavy atom. The molecule has 1 aliphatic heterocycles. The second kappa shape index (κ2) is 10.3. The Hall–Kier alpha value is -4.24. The quantitative estimate of drug-likeness (QED) is 0.428. The van der Waals surface area contributed by atoms with Crippen molar-refractivity contribution in [1.82, 2.24) is 25.2 Å². The Morgan fingerprint density at radius 3 is 2.55 bits per heavy atom. The number of rotatable bonds is 5. The molecule has 1 aliphatic rings. The number of hydrogen-bond acceptors (Lipinski definition) is 9. The minimum atomic E-state index is -4.99. The number of halogens is 4. The van der Waals surface area contributed by atoms with Gasteiger partial charge in [-0.25, -0.2) is 24.9 Å². The molecule has 3 aromatic heterocycles. The zero-order valence-corrected chi connectivity index (χ0v) is 20.9. The number of alkyl halides is 3. The fraction of sp³-hybridized carbons (Fsp3) is 0.273. The molecule has 38 heavy (non-hydrogen) atoms. The van der Waals surface area contributed by atoms with Crippen LogP contribution in [0, 0.1) is 0 Å². The molecule has 200 valence electrons. The molecular formula is C22H21ClF3N9O3. The number of pyridine rings is 2. The van der Waals surface area contributed by atoms with Gasteiger partial charge in [0.2, 0.25) is 0 Å². The van der Waals surface area contributed by atoms with E-state index in [2.05, 4.69) is 36.2 Å². The minimum Gasteiger partial charge on any atom is -0.444 e. The zero-order valence-electron chi connectivity index (χ0n) is 20.2. The molecule has 4 heterocycles. The van der Waals surface area contributed by atoms with E-state index >= 15 is 0 Å². The third-order valence-electron chi connectivity index (χ3n) is 4.67. The third kappa shape index (κ3) is 6.18. The van der Waals surface area contributed by atoms with Gasteiger partial charge in [0.25, 0.3) is 5.91 Å². The molecule has 0 fully saturated rings. The van der Waals surface area contributed by atoms with Crippen LogP contribution in [0.25, 0.3) is 5.82 Å². The largest absolute Gasteiger partial charge is 0.444 e. The molecule has 12 nitrogen and oxygen atoms in total. The summed E-state index contributed by atoms with van der Waals surface area (Å²) < 4.78 is 47.9. The molecule has 0 saturated heterocycles. The molecule has 3 aromatic rings. The average Bonchev–Trinajstić information content (AvgIpc) is 3.48. The summed E-state index contributed by atoms with van der Waals surface area (Å²) in [5.41, 5.74) is -0.0155. The Kier molecular flexibility index (Phi) is 7.24. The number of aromatic nitrogens is 4. The maximum Gasteiger partial charge on any atom is 0.434 e. The summed E-state index contributed by atoms with van der Waals surface area (Å²) >= 11 is 6.20. The molecule has 0 aromatic carbocycles. The molecule has 2 amide bonds. The van der Waals surface area contributed by atoms with Crippen LogP contribution in [0.3, 0.4) is 0 Å². The van der Waals surface area contributed by atoms with Crippen LogP contribution in [0.15, 0.2) is 41.8 Å². The van der Waals surface area contributed by atoms with Crippen LogP contribution in [0.1, 0.15) is 36.8 Å². The van der Waals surface area contributed by atoms with Crippen LogP contribution in [-0.4, -0.2) is 50.1 Å². The number of hydrazone groups is 1. The second-order valence-corrected chi connectivity index (χ2v) is 9.19. The van der Waals surface area contributed by atoms with Gasteiger partial charge in [-0.2, -0.15) is 28.5 Å². The van der Waals surface area contributed by atoms with E-state index in [1.807, 2.05) is 0 Å². The number of hydrazine groups is 1. The van der Waals surface area contributed by atoms with Crippen molar-refractivity contribution in [2.45, 2.75) is 32.5 Å². The fourth-order valence-electron chi connectivity index (χ4n) is 3.25. The number of nitrogens with zero attached hydrogens (tertiary/aromatic N) is 6. The molecule has 0 radical (unpaired) electrons. The van der Waals surface area contributed by atoms with Gasteiger partial charge in [-0.3, -0.25) is 10.1 Å². The standard InChI is InChI=1S/C22H21ClF3N9O3/c1-21(2,3)38-20(37)33-15-5-4-6-16(32-15)34-17(22(24,25)26)13(11-30-34)19(36)31-12-9-14(23)18(27-10-12)35-28-7-8-29-35/h4-7,9-11,29H,8H2,1-3H3,(H,31,36)(H,32,33,37). The van der Waals surface area contributed by atoms with Crippen molar-refractivity contribution in [3.05, 3.63) is 52.9 Å². The van der Waals surface area contributed by atoms with Gasteiger partial charge in [-0.05, 0) is 39.0 Å². The highest BCUT2D eigenvalue weighted by Crippen LogP contribution is 2.34. The van der Waals surface area contributed by atoms with Crippen molar-refractivity contribution in [2.75, 3.05) is 22.3 Å². The van der Waals surface area contributed by atoms with E-state index in [9.17, 15) is 22.8 Å². The van der Waals surface area contributed by atoms with Crippen molar-refractivity contribution < 1.29 is 27.5 Å². The topological polar surface area (TPSA) is 139 Å². The molecule has 4 rings (SSSR count). The van der Waals surface area contributed by atoms with E-state index in [0.29, 0.717) is 11.2 Å². The number of nitrogens with one attached hydrogen (secondary N) is 3. The van der Waals surface area contributed by atoms with Crippen LogP contribution >= 0.6 is 11.6 Å². The Bertz CT molecular complexity index is 1400. The smallest absolute Gasteiger partial charge is 0.434 e. The summed E-state index contributed by atoms with van der Waals surface area (Å²) in [7, 11) is 0. The normalized spacial score (nSPS) is 13.5.